The first kappa shape index (κ1) is 7.60. The maximum atomic E-state index is 10.6. The van der Waals surface area contributed by atoms with Gasteiger partial charge in [0, 0.05) is 17.6 Å². The van der Waals surface area contributed by atoms with Gasteiger partial charge >= 0.3 is 0 Å². The molecule has 1 aromatic carbocycles. The third-order valence-electron chi connectivity index (χ3n) is 1.71. The van der Waals surface area contributed by atoms with E-state index in [0.29, 0.717) is 10.9 Å². The summed E-state index contributed by atoms with van der Waals surface area (Å²) >= 11 is 0. The number of benzene rings is 1. The Kier molecular flexibility index (Phi) is 1.63. The molecule has 0 spiro atoms. The van der Waals surface area contributed by atoms with Crippen LogP contribution in [0.5, 0.6) is 0 Å². The summed E-state index contributed by atoms with van der Waals surface area (Å²) < 4.78 is 0. The molecule has 0 amide bonds. The number of hydrogen-bond acceptors (Lipinski definition) is 4. The van der Waals surface area contributed by atoms with Crippen LogP contribution in [0.4, 0.5) is 5.69 Å². The highest BCUT2D eigenvalue weighted by Crippen LogP contribution is 2.21. The smallest absolute Gasteiger partial charge is 0.258 e. The van der Waals surface area contributed by atoms with E-state index in [1.165, 1.54) is 12.4 Å². The molecular formula is C8H5N3O2. The zero-order valence-corrected chi connectivity index (χ0v) is 6.54. The minimum absolute atomic E-state index is 0.0138. The molecule has 0 bridgehead atoms. The number of rotatable bonds is 1. The van der Waals surface area contributed by atoms with Crippen LogP contribution in [0, 0.1) is 10.1 Å². The minimum atomic E-state index is -0.449. The van der Waals surface area contributed by atoms with Gasteiger partial charge in [-0.3, -0.25) is 10.1 Å². The molecule has 13 heavy (non-hydrogen) atoms. The zero-order chi connectivity index (χ0) is 9.26. The van der Waals surface area contributed by atoms with Crippen molar-refractivity contribution in [2.24, 2.45) is 0 Å². The van der Waals surface area contributed by atoms with E-state index >= 15 is 0 Å². The third kappa shape index (κ3) is 1.20. The van der Waals surface area contributed by atoms with Gasteiger partial charge in [0.05, 0.1) is 4.92 Å². The van der Waals surface area contributed by atoms with Crippen LogP contribution >= 0.6 is 0 Å². The molecule has 0 fully saturated rings. The average Bonchev–Trinajstić information content (AvgIpc) is 2.17. The summed E-state index contributed by atoms with van der Waals surface area (Å²) in [5, 5.41) is 11.2. The highest BCUT2D eigenvalue weighted by molar-refractivity contribution is 5.85. The predicted molar refractivity (Wildman–Crippen MR) is 46.2 cm³/mol. The normalized spacial score (nSPS) is 10.2. The number of aromatic nitrogens is 2. The van der Waals surface area contributed by atoms with Crippen molar-refractivity contribution in [3.63, 3.8) is 0 Å². The lowest BCUT2D eigenvalue weighted by Gasteiger charge is -1.95. The Hall–Kier alpha value is -2.04. The van der Waals surface area contributed by atoms with E-state index in [1.54, 1.807) is 18.3 Å². The molecule has 5 nitrogen and oxygen atoms in total. The molecule has 2 aromatic rings. The van der Waals surface area contributed by atoms with Gasteiger partial charge in [-0.25, -0.2) is 9.97 Å². The molecule has 0 saturated carbocycles. The fourth-order valence-corrected chi connectivity index (χ4v) is 1.15. The molecule has 0 unspecified atom stereocenters. The third-order valence-corrected chi connectivity index (χ3v) is 1.71. The topological polar surface area (TPSA) is 68.9 Å². The molecule has 0 saturated heterocycles. The molecule has 64 valence electrons. The Labute approximate surface area is 73.2 Å². The molecule has 2 rings (SSSR count). The van der Waals surface area contributed by atoms with E-state index in [0.717, 1.165) is 0 Å². The van der Waals surface area contributed by atoms with E-state index in [9.17, 15) is 10.1 Å². The van der Waals surface area contributed by atoms with Gasteiger partial charge < -0.3 is 0 Å². The number of non-ortho nitro benzene ring substituents is 1. The molecule has 0 N–H and O–H groups in total. The second-order valence-corrected chi connectivity index (χ2v) is 2.49. The molecule has 0 aliphatic carbocycles. The quantitative estimate of drug-likeness (QED) is 0.487. The first-order chi connectivity index (χ1) is 6.29. The standard InChI is InChI=1S/C8H5N3O2/c12-11(13)7-3-1-2-6-4-9-5-10-8(6)7/h1-5H. The second-order valence-electron chi connectivity index (χ2n) is 2.49. The first-order valence-corrected chi connectivity index (χ1v) is 3.62. The maximum absolute atomic E-state index is 10.6. The molecular weight excluding hydrogens is 170 g/mol. The van der Waals surface area contributed by atoms with E-state index in [2.05, 4.69) is 9.97 Å². The molecule has 0 atom stereocenters. The first-order valence-electron chi connectivity index (χ1n) is 3.62. The van der Waals surface area contributed by atoms with Crippen molar-refractivity contribution < 1.29 is 4.92 Å². The van der Waals surface area contributed by atoms with E-state index < -0.39 is 4.92 Å². The number of nitro benzene ring substituents is 1. The van der Waals surface area contributed by atoms with E-state index in [1.807, 2.05) is 0 Å². The van der Waals surface area contributed by atoms with E-state index in [4.69, 9.17) is 0 Å². The molecule has 0 radical (unpaired) electrons. The SMILES string of the molecule is O=[N+]([O-])c1cccc2cncnc12. The van der Waals surface area contributed by atoms with Gasteiger partial charge in [-0.15, -0.1) is 0 Å². The van der Waals surface area contributed by atoms with Crippen LogP contribution in [-0.4, -0.2) is 14.9 Å². The van der Waals surface area contributed by atoms with Crippen molar-refractivity contribution in [2.45, 2.75) is 0 Å². The van der Waals surface area contributed by atoms with Crippen LogP contribution in [0.1, 0.15) is 0 Å². The van der Waals surface area contributed by atoms with Gasteiger partial charge in [0.25, 0.3) is 5.69 Å². The van der Waals surface area contributed by atoms with Gasteiger partial charge in [0.15, 0.2) is 5.52 Å². The number of fused-ring (bicyclic) bond motifs is 1. The summed E-state index contributed by atoms with van der Waals surface area (Å²) in [6, 6.07) is 4.78. The van der Waals surface area contributed by atoms with Crippen LogP contribution in [-0.2, 0) is 0 Å². The molecule has 5 heteroatoms. The van der Waals surface area contributed by atoms with Crippen LogP contribution in [0.25, 0.3) is 10.9 Å². The summed E-state index contributed by atoms with van der Waals surface area (Å²) in [5.74, 6) is 0. The van der Waals surface area contributed by atoms with Crippen LogP contribution in [0.15, 0.2) is 30.7 Å². The predicted octanol–water partition coefficient (Wildman–Crippen LogP) is 1.54. The van der Waals surface area contributed by atoms with Gasteiger partial charge in [-0.2, -0.15) is 0 Å². The van der Waals surface area contributed by atoms with Gasteiger partial charge in [0.1, 0.15) is 6.33 Å². The summed E-state index contributed by atoms with van der Waals surface area (Å²) in [7, 11) is 0. The largest absolute Gasteiger partial charge is 0.295 e. The monoisotopic (exact) mass is 175 g/mol. The fourth-order valence-electron chi connectivity index (χ4n) is 1.15. The van der Waals surface area contributed by atoms with Gasteiger partial charge in [0.2, 0.25) is 0 Å². The van der Waals surface area contributed by atoms with Crippen molar-refractivity contribution in [1.82, 2.24) is 9.97 Å². The van der Waals surface area contributed by atoms with Crippen molar-refractivity contribution in [1.29, 1.82) is 0 Å². The van der Waals surface area contributed by atoms with Crippen molar-refractivity contribution in [3.05, 3.63) is 40.8 Å². The number of hydrogen-bond donors (Lipinski definition) is 0. The van der Waals surface area contributed by atoms with Crippen LogP contribution < -0.4 is 0 Å². The molecule has 0 aliphatic heterocycles. The average molecular weight is 175 g/mol. The summed E-state index contributed by atoms with van der Waals surface area (Å²) in [4.78, 5) is 17.7. The minimum Gasteiger partial charge on any atom is -0.258 e. The van der Waals surface area contributed by atoms with Gasteiger partial charge in [-0.1, -0.05) is 12.1 Å². The Bertz CT molecular complexity index is 464. The number of nitrogens with zero attached hydrogens (tertiary/aromatic N) is 3. The Balaban J connectivity index is 2.83. The molecule has 0 aliphatic rings. The second kappa shape index (κ2) is 2.78. The maximum Gasteiger partial charge on any atom is 0.295 e. The Morgan fingerprint density at radius 1 is 1.38 bits per heavy atom. The molecule has 1 heterocycles. The fraction of sp³-hybridized carbons (Fsp3) is 0. The highest BCUT2D eigenvalue weighted by Gasteiger charge is 2.11. The van der Waals surface area contributed by atoms with Crippen molar-refractivity contribution in [3.8, 4) is 0 Å². The lowest BCUT2D eigenvalue weighted by atomic mass is 10.2. The zero-order valence-electron chi connectivity index (χ0n) is 6.54. The van der Waals surface area contributed by atoms with E-state index in [-0.39, 0.29) is 5.69 Å². The number of para-hydroxylation sites is 1. The lowest BCUT2D eigenvalue weighted by Crippen LogP contribution is -1.91. The number of nitro groups is 1. The van der Waals surface area contributed by atoms with Gasteiger partial charge in [-0.05, 0) is 0 Å². The summed E-state index contributed by atoms with van der Waals surface area (Å²) in [5.41, 5.74) is 0.391. The van der Waals surface area contributed by atoms with Crippen molar-refractivity contribution in [2.75, 3.05) is 0 Å². The van der Waals surface area contributed by atoms with Crippen LogP contribution in [0.2, 0.25) is 0 Å². The van der Waals surface area contributed by atoms with Crippen LogP contribution in [0.3, 0.4) is 0 Å². The Morgan fingerprint density at radius 2 is 2.23 bits per heavy atom. The lowest BCUT2D eigenvalue weighted by molar-refractivity contribution is -0.383. The summed E-state index contributed by atoms with van der Waals surface area (Å²) in [6.45, 7) is 0. The van der Waals surface area contributed by atoms with Crippen molar-refractivity contribution >= 4 is 16.6 Å². The molecule has 1 aromatic heterocycles. The Morgan fingerprint density at radius 3 is 3.00 bits per heavy atom. The summed E-state index contributed by atoms with van der Waals surface area (Å²) in [6.07, 6.45) is 2.85. The highest BCUT2D eigenvalue weighted by atomic mass is 16.6.